The van der Waals surface area contributed by atoms with Crippen LogP contribution in [0.5, 0.6) is 0 Å². The van der Waals surface area contributed by atoms with Crippen molar-refractivity contribution in [1.29, 1.82) is 0 Å². The summed E-state index contributed by atoms with van der Waals surface area (Å²) in [5.41, 5.74) is 1.86. The first-order valence-corrected chi connectivity index (χ1v) is 8.90. The average Bonchev–Trinajstić information content (AvgIpc) is 2.63. The van der Waals surface area contributed by atoms with E-state index in [-0.39, 0.29) is 11.9 Å². The number of nitrogens with zero attached hydrogens (tertiary/aromatic N) is 2. The second kappa shape index (κ2) is 7.70. The zero-order chi connectivity index (χ0) is 17.8. The van der Waals surface area contributed by atoms with Gasteiger partial charge in [0.2, 0.25) is 0 Å². The van der Waals surface area contributed by atoms with E-state index in [0.29, 0.717) is 29.4 Å². The summed E-state index contributed by atoms with van der Waals surface area (Å²) in [6.45, 7) is 3.22. The van der Waals surface area contributed by atoms with Gasteiger partial charge in [0.15, 0.2) is 0 Å². The first-order chi connectivity index (χ1) is 12.1. The monoisotopic (exact) mass is 356 g/mol. The van der Waals surface area contributed by atoms with E-state index >= 15 is 0 Å². The van der Waals surface area contributed by atoms with Gasteiger partial charge in [-0.1, -0.05) is 35.9 Å². The van der Waals surface area contributed by atoms with Gasteiger partial charge in [-0.15, -0.1) is 0 Å². The van der Waals surface area contributed by atoms with Crippen LogP contribution in [0.25, 0.3) is 0 Å². The van der Waals surface area contributed by atoms with Gasteiger partial charge < -0.3 is 4.90 Å². The van der Waals surface area contributed by atoms with Crippen molar-refractivity contribution >= 4 is 29.2 Å². The van der Waals surface area contributed by atoms with Crippen LogP contribution in [0.3, 0.4) is 0 Å². The van der Waals surface area contributed by atoms with E-state index in [0.717, 1.165) is 24.8 Å². The van der Waals surface area contributed by atoms with E-state index in [1.807, 2.05) is 25.1 Å². The highest BCUT2D eigenvalue weighted by Crippen LogP contribution is 2.25. The number of imide groups is 1. The summed E-state index contributed by atoms with van der Waals surface area (Å²) >= 11 is 6.10. The number of aryl methyl sites for hydroxylation is 1. The second-order valence-electron chi connectivity index (χ2n) is 6.27. The number of amides is 3. The minimum atomic E-state index is -0.323. The third kappa shape index (κ3) is 3.85. The van der Waals surface area contributed by atoms with Crippen LogP contribution in [0.15, 0.2) is 48.5 Å². The van der Waals surface area contributed by atoms with Crippen LogP contribution in [0.4, 0.5) is 10.5 Å². The molecule has 1 aliphatic rings. The third-order valence-electron chi connectivity index (χ3n) is 4.46. The number of halogens is 1. The highest BCUT2D eigenvalue weighted by Gasteiger charge is 2.30. The lowest BCUT2D eigenvalue weighted by Gasteiger charge is -2.32. The Morgan fingerprint density at radius 3 is 2.40 bits per heavy atom. The zero-order valence-electron chi connectivity index (χ0n) is 14.2. The van der Waals surface area contributed by atoms with Crippen LogP contribution in [0.2, 0.25) is 5.02 Å². The number of carbonyl (C=O) groups is 2. The highest BCUT2D eigenvalue weighted by atomic mass is 35.5. The molecule has 3 amide bonds. The predicted octanol–water partition coefficient (Wildman–Crippen LogP) is 4.90. The van der Waals surface area contributed by atoms with Gasteiger partial charge in [-0.25, -0.2) is 9.69 Å². The molecular formula is C20H21ClN2O2. The molecule has 0 atom stereocenters. The number of urea groups is 1. The molecule has 25 heavy (non-hydrogen) atoms. The number of carbonyl (C=O) groups excluding carboxylic acids is 2. The molecule has 2 aromatic rings. The average molecular weight is 357 g/mol. The van der Waals surface area contributed by atoms with Gasteiger partial charge in [0.1, 0.15) is 0 Å². The summed E-state index contributed by atoms with van der Waals surface area (Å²) in [6, 6.07) is 13.9. The van der Waals surface area contributed by atoms with Gasteiger partial charge in [-0.2, -0.15) is 0 Å². The van der Waals surface area contributed by atoms with Crippen molar-refractivity contribution in [2.45, 2.75) is 26.2 Å². The molecule has 2 aromatic carbocycles. The van der Waals surface area contributed by atoms with Crippen LogP contribution >= 0.6 is 11.6 Å². The third-order valence-corrected chi connectivity index (χ3v) is 4.70. The SMILES string of the molecule is Cc1ccccc1C(=O)N(C(=O)N1CCCCC1)c1cccc(Cl)c1. The van der Waals surface area contributed by atoms with Crippen molar-refractivity contribution in [3.8, 4) is 0 Å². The van der Waals surface area contributed by atoms with E-state index in [4.69, 9.17) is 11.6 Å². The Bertz CT molecular complexity index is 785. The Labute approximate surface area is 153 Å². The van der Waals surface area contributed by atoms with Crippen LogP contribution in [0.1, 0.15) is 35.2 Å². The Balaban J connectivity index is 2.01. The molecule has 0 bridgehead atoms. The van der Waals surface area contributed by atoms with E-state index in [9.17, 15) is 9.59 Å². The van der Waals surface area contributed by atoms with E-state index in [2.05, 4.69) is 0 Å². The fourth-order valence-electron chi connectivity index (χ4n) is 3.09. The molecule has 0 unspecified atom stereocenters. The maximum Gasteiger partial charge on any atom is 0.331 e. The molecule has 0 N–H and O–H groups in total. The molecule has 3 rings (SSSR count). The minimum absolute atomic E-state index is 0.282. The molecule has 0 spiro atoms. The number of likely N-dealkylation sites (tertiary alicyclic amines) is 1. The van der Waals surface area contributed by atoms with Gasteiger partial charge in [-0.05, 0) is 56.0 Å². The summed E-state index contributed by atoms with van der Waals surface area (Å²) < 4.78 is 0. The maximum absolute atomic E-state index is 13.2. The van der Waals surface area contributed by atoms with Crippen molar-refractivity contribution in [3.05, 3.63) is 64.7 Å². The summed E-state index contributed by atoms with van der Waals surface area (Å²) in [7, 11) is 0. The normalized spacial score (nSPS) is 14.2. The topological polar surface area (TPSA) is 40.6 Å². The number of benzene rings is 2. The summed E-state index contributed by atoms with van der Waals surface area (Å²) in [5, 5.41) is 0.492. The molecule has 0 radical (unpaired) electrons. The van der Waals surface area contributed by atoms with Crippen molar-refractivity contribution in [2.24, 2.45) is 0 Å². The predicted molar refractivity (Wildman–Crippen MR) is 100 cm³/mol. The molecule has 1 fully saturated rings. The zero-order valence-corrected chi connectivity index (χ0v) is 15.0. The largest absolute Gasteiger partial charge is 0.331 e. The number of piperidine rings is 1. The smallest absolute Gasteiger partial charge is 0.324 e. The van der Waals surface area contributed by atoms with Crippen LogP contribution in [-0.4, -0.2) is 29.9 Å². The number of anilines is 1. The van der Waals surface area contributed by atoms with E-state index in [1.165, 1.54) is 4.90 Å². The van der Waals surface area contributed by atoms with Gasteiger partial charge in [0.05, 0.1) is 5.69 Å². The lowest BCUT2D eigenvalue weighted by atomic mass is 10.1. The quantitative estimate of drug-likeness (QED) is 0.767. The first kappa shape index (κ1) is 17.5. The van der Waals surface area contributed by atoms with Crippen LogP contribution in [-0.2, 0) is 0 Å². The Morgan fingerprint density at radius 1 is 1.00 bits per heavy atom. The maximum atomic E-state index is 13.2. The van der Waals surface area contributed by atoms with Crippen molar-refractivity contribution in [2.75, 3.05) is 18.0 Å². The number of rotatable bonds is 2. The number of hydrogen-bond acceptors (Lipinski definition) is 2. The molecule has 0 saturated carbocycles. The van der Waals surface area contributed by atoms with Crippen LogP contribution in [0, 0.1) is 6.92 Å². The van der Waals surface area contributed by atoms with Gasteiger partial charge in [0, 0.05) is 23.7 Å². The lowest BCUT2D eigenvalue weighted by molar-refractivity contribution is 0.0983. The molecule has 0 aromatic heterocycles. The number of hydrogen-bond donors (Lipinski definition) is 0. The van der Waals surface area contributed by atoms with Crippen molar-refractivity contribution < 1.29 is 9.59 Å². The standard InChI is InChI=1S/C20H21ClN2O2/c1-15-8-3-4-11-18(15)19(24)23(17-10-7-9-16(21)14-17)20(25)22-12-5-2-6-13-22/h3-4,7-11,14H,2,5-6,12-13H2,1H3. The molecule has 1 heterocycles. The fraction of sp³-hybridized carbons (Fsp3) is 0.300. The molecule has 1 aliphatic heterocycles. The molecule has 4 nitrogen and oxygen atoms in total. The Kier molecular flexibility index (Phi) is 5.39. The molecule has 130 valence electrons. The summed E-state index contributed by atoms with van der Waals surface area (Å²) in [4.78, 5) is 29.3. The minimum Gasteiger partial charge on any atom is -0.324 e. The van der Waals surface area contributed by atoms with Gasteiger partial charge in [0.25, 0.3) is 5.91 Å². The van der Waals surface area contributed by atoms with E-state index < -0.39 is 0 Å². The van der Waals surface area contributed by atoms with Gasteiger partial charge >= 0.3 is 6.03 Å². The lowest BCUT2D eigenvalue weighted by Crippen LogP contribution is -2.48. The first-order valence-electron chi connectivity index (χ1n) is 8.52. The molecular weight excluding hydrogens is 336 g/mol. The summed E-state index contributed by atoms with van der Waals surface area (Å²) in [5.74, 6) is -0.323. The fourth-order valence-corrected chi connectivity index (χ4v) is 3.27. The van der Waals surface area contributed by atoms with E-state index in [1.54, 1.807) is 35.2 Å². The van der Waals surface area contributed by atoms with Gasteiger partial charge in [-0.3, -0.25) is 4.79 Å². The van der Waals surface area contributed by atoms with Crippen LogP contribution < -0.4 is 4.90 Å². The van der Waals surface area contributed by atoms with Crippen molar-refractivity contribution in [3.63, 3.8) is 0 Å². The second-order valence-corrected chi connectivity index (χ2v) is 6.70. The highest BCUT2D eigenvalue weighted by molar-refractivity contribution is 6.31. The Hall–Kier alpha value is -2.33. The van der Waals surface area contributed by atoms with Crippen molar-refractivity contribution in [1.82, 2.24) is 4.90 Å². The molecule has 0 aliphatic carbocycles. The molecule has 1 saturated heterocycles. The molecule has 5 heteroatoms. The summed E-state index contributed by atoms with van der Waals surface area (Å²) in [6.07, 6.45) is 3.05. The Morgan fingerprint density at radius 2 is 1.72 bits per heavy atom.